The highest BCUT2D eigenvalue weighted by atomic mass is 35.5. The molecule has 0 spiro atoms. The van der Waals surface area contributed by atoms with Crippen LogP contribution in [0.2, 0.25) is 10.0 Å². The van der Waals surface area contributed by atoms with Crippen LogP contribution in [0.4, 0.5) is 0 Å². The molecular formula is C16H14Cl2O3. The van der Waals surface area contributed by atoms with Gasteiger partial charge in [0, 0.05) is 15.6 Å². The van der Waals surface area contributed by atoms with E-state index in [0.717, 1.165) is 11.1 Å². The minimum Gasteiger partial charge on any atom is -0.467 e. The van der Waals surface area contributed by atoms with Crippen LogP contribution in [0, 0.1) is 0 Å². The van der Waals surface area contributed by atoms with Crippen LogP contribution in [0.15, 0.2) is 48.5 Å². The first-order valence-electron chi connectivity index (χ1n) is 6.30. The molecule has 1 atom stereocenters. The van der Waals surface area contributed by atoms with Crippen molar-refractivity contribution in [3.8, 4) is 0 Å². The molecule has 0 aromatic heterocycles. The number of hydrogen-bond acceptors (Lipinski definition) is 3. The summed E-state index contributed by atoms with van der Waals surface area (Å²) in [6.07, 6.45) is -0.463. The Kier molecular flexibility index (Phi) is 5.62. The van der Waals surface area contributed by atoms with E-state index in [2.05, 4.69) is 4.74 Å². The second-order valence-corrected chi connectivity index (χ2v) is 5.19. The largest absolute Gasteiger partial charge is 0.467 e. The van der Waals surface area contributed by atoms with Crippen molar-refractivity contribution in [2.45, 2.75) is 6.10 Å². The summed E-state index contributed by atoms with van der Waals surface area (Å²) in [5.74, 6) is -0.444. The number of benzene rings is 2. The second-order valence-electron chi connectivity index (χ2n) is 4.34. The number of esters is 1. The number of halogens is 2. The van der Waals surface area contributed by atoms with Crippen molar-refractivity contribution in [2.75, 3.05) is 13.7 Å². The Morgan fingerprint density at radius 3 is 2.48 bits per heavy atom. The third-order valence-corrected chi connectivity index (χ3v) is 3.51. The molecule has 0 saturated heterocycles. The summed E-state index contributed by atoms with van der Waals surface area (Å²) in [6, 6.07) is 14.7. The summed E-state index contributed by atoms with van der Waals surface area (Å²) in [5.41, 5.74) is 1.64. The maximum absolute atomic E-state index is 11.3. The van der Waals surface area contributed by atoms with Gasteiger partial charge in [-0.15, -0.1) is 0 Å². The van der Waals surface area contributed by atoms with Gasteiger partial charge in [-0.1, -0.05) is 59.6 Å². The molecule has 1 unspecified atom stereocenters. The van der Waals surface area contributed by atoms with Crippen LogP contribution < -0.4 is 0 Å². The third-order valence-electron chi connectivity index (χ3n) is 2.94. The van der Waals surface area contributed by atoms with Crippen molar-refractivity contribution in [3.63, 3.8) is 0 Å². The molecule has 0 aliphatic rings. The van der Waals surface area contributed by atoms with Crippen molar-refractivity contribution in [1.29, 1.82) is 0 Å². The van der Waals surface area contributed by atoms with Crippen molar-refractivity contribution in [1.82, 2.24) is 0 Å². The standard InChI is InChI=1S/C16H14Cl2O3/c1-20-15(19)10-21-16(11-5-3-2-4-6-11)13-8-7-12(17)9-14(13)18/h2-9,16H,10H2,1H3. The topological polar surface area (TPSA) is 35.5 Å². The lowest BCUT2D eigenvalue weighted by Crippen LogP contribution is -2.15. The molecule has 0 bridgehead atoms. The molecule has 0 aliphatic heterocycles. The molecule has 0 amide bonds. The molecule has 0 heterocycles. The Balaban J connectivity index is 2.33. The fraction of sp³-hybridized carbons (Fsp3) is 0.188. The van der Waals surface area contributed by atoms with Gasteiger partial charge in [0.2, 0.25) is 0 Å². The smallest absolute Gasteiger partial charge is 0.331 e. The van der Waals surface area contributed by atoms with Gasteiger partial charge in [-0.3, -0.25) is 0 Å². The van der Waals surface area contributed by atoms with Gasteiger partial charge in [0.25, 0.3) is 0 Å². The van der Waals surface area contributed by atoms with Crippen LogP contribution in [0.3, 0.4) is 0 Å². The van der Waals surface area contributed by atoms with Gasteiger partial charge in [0.05, 0.1) is 7.11 Å². The lowest BCUT2D eigenvalue weighted by atomic mass is 10.0. The second kappa shape index (κ2) is 7.46. The SMILES string of the molecule is COC(=O)COC(c1ccccc1)c1ccc(Cl)cc1Cl. The first-order valence-corrected chi connectivity index (χ1v) is 7.05. The molecular weight excluding hydrogens is 311 g/mol. The summed E-state index contributed by atoms with van der Waals surface area (Å²) < 4.78 is 10.3. The van der Waals surface area contributed by atoms with Crippen LogP contribution >= 0.6 is 23.2 Å². The number of carbonyl (C=O) groups excluding carboxylic acids is 1. The molecule has 3 nitrogen and oxygen atoms in total. The Labute approximate surface area is 133 Å². The quantitative estimate of drug-likeness (QED) is 0.770. The molecule has 0 fully saturated rings. The predicted octanol–water partition coefficient (Wildman–Crippen LogP) is 4.27. The predicted molar refractivity (Wildman–Crippen MR) is 82.7 cm³/mol. The van der Waals surface area contributed by atoms with Crippen LogP contribution in [-0.4, -0.2) is 19.7 Å². The number of carbonyl (C=O) groups is 1. The Morgan fingerprint density at radius 1 is 1.14 bits per heavy atom. The summed E-state index contributed by atoms with van der Waals surface area (Å²) >= 11 is 12.2. The van der Waals surface area contributed by atoms with Gasteiger partial charge < -0.3 is 9.47 Å². The van der Waals surface area contributed by atoms with E-state index in [1.54, 1.807) is 18.2 Å². The van der Waals surface area contributed by atoms with Gasteiger partial charge in [-0.2, -0.15) is 0 Å². The lowest BCUT2D eigenvalue weighted by Gasteiger charge is -2.19. The fourth-order valence-electron chi connectivity index (χ4n) is 1.92. The molecule has 2 aromatic rings. The van der Waals surface area contributed by atoms with E-state index in [9.17, 15) is 4.79 Å². The van der Waals surface area contributed by atoms with Gasteiger partial charge in [0.1, 0.15) is 12.7 Å². The van der Waals surface area contributed by atoms with Crippen molar-refractivity contribution >= 4 is 29.2 Å². The van der Waals surface area contributed by atoms with Gasteiger partial charge in [-0.05, 0) is 17.7 Å². The van der Waals surface area contributed by atoms with Crippen molar-refractivity contribution < 1.29 is 14.3 Å². The molecule has 21 heavy (non-hydrogen) atoms. The van der Waals surface area contributed by atoms with Crippen LogP contribution in [-0.2, 0) is 14.3 Å². The molecule has 2 rings (SSSR count). The van der Waals surface area contributed by atoms with E-state index in [1.807, 2.05) is 30.3 Å². The molecule has 0 N–H and O–H groups in total. The number of ether oxygens (including phenoxy) is 2. The van der Waals surface area contributed by atoms with Gasteiger partial charge in [-0.25, -0.2) is 4.79 Å². The van der Waals surface area contributed by atoms with E-state index in [-0.39, 0.29) is 6.61 Å². The van der Waals surface area contributed by atoms with E-state index in [4.69, 9.17) is 27.9 Å². The van der Waals surface area contributed by atoms with E-state index in [0.29, 0.717) is 10.0 Å². The van der Waals surface area contributed by atoms with Crippen molar-refractivity contribution in [2.24, 2.45) is 0 Å². The van der Waals surface area contributed by atoms with E-state index >= 15 is 0 Å². The first-order chi connectivity index (χ1) is 10.1. The highest BCUT2D eigenvalue weighted by Gasteiger charge is 2.19. The summed E-state index contributed by atoms with van der Waals surface area (Å²) in [4.78, 5) is 11.3. The average Bonchev–Trinajstić information content (AvgIpc) is 2.50. The first kappa shape index (κ1) is 15.8. The summed E-state index contributed by atoms with van der Waals surface area (Å²) in [7, 11) is 1.32. The maximum atomic E-state index is 11.3. The van der Waals surface area contributed by atoms with Crippen LogP contribution in [0.25, 0.3) is 0 Å². The Morgan fingerprint density at radius 2 is 1.86 bits per heavy atom. The molecule has 5 heteroatoms. The fourth-order valence-corrected chi connectivity index (χ4v) is 2.43. The zero-order valence-corrected chi connectivity index (χ0v) is 12.9. The average molecular weight is 325 g/mol. The number of rotatable bonds is 5. The summed E-state index contributed by atoms with van der Waals surface area (Å²) in [5, 5.41) is 1.03. The molecule has 0 aliphatic carbocycles. The Hall–Kier alpha value is -1.55. The van der Waals surface area contributed by atoms with E-state index < -0.39 is 12.1 Å². The zero-order chi connectivity index (χ0) is 15.2. The zero-order valence-electron chi connectivity index (χ0n) is 11.4. The highest BCUT2D eigenvalue weighted by Crippen LogP contribution is 2.32. The van der Waals surface area contributed by atoms with Crippen LogP contribution in [0.1, 0.15) is 17.2 Å². The minimum atomic E-state index is -0.463. The molecule has 0 saturated carbocycles. The lowest BCUT2D eigenvalue weighted by molar-refractivity contribution is -0.147. The van der Waals surface area contributed by atoms with Gasteiger partial charge >= 0.3 is 5.97 Å². The van der Waals surface area contributed by atoms with E-state index in [1.165, 1.54) is 7.11 Å². The summed E-state index contributed by atoms with van der Waals surface area (Å²) in [6.45, 7) is -0.158. The molecule has 110 valence electrons. The minimum absolute atomic E-state index is 0.158. The number of methoxy groups -OCH3 is 1. The Bertz CT molecular complexity index is 614. The monoisotopic (exact) mass is 324 g/mol. The highest BCUT2D eigenvalue weighted by molar-refractivity contribution is 6.35. The third kappa shape index (κ3) is 4.21. The van der Waals surface area contributed by atoms with Crippen LogP contribution in [0.5, 0.6) is 0 Å². The molecule has 2 aromatic carbocycles. The van der Waals surface area contributed by atoms with Gasteiger partial charge in [0.15, 0.2) is 0 Å². The number of hydrogen-bond donors (Lipinski definition) is 0. The molecule has 0 radical (unpaired) electrons. The normalized spacial score (nSPS) is 12.0. The maximum Gasteiger partial charge on any atom is 0.331 e. The van der Waals surface area contributed by atoms with Crippen molar-refractivity contribution in [3.05, 3.63) is 69.7 Å².